The Morgan fingerprint density at radius 2 is 1.80 bits per heavy atom. The molecule has 6 heteroatoms. The minimum absolute atomic E-state index is 0.152. The van der Waals surface area contributed by atoms with Crippen LogP contribution in [0.15, 0.2) is 42.5 Å². The number of hydrogen-bond acceptors (Lipinski definition) is 5. The second-order valence-electron chi connectivity index (χ2n) is 7.71. The number of hydrogen-bond donors (Lipinski definition) is 1. The number of carbonyl (C=O) groups excluding carboxylic acids is 1. The van der Waals surface area contributed by atoms with Crippen molar-refractivity contribution in [1.29, 1.82) is 0 Å². The first kappa shape index (κ1) is 22.1. The van der Waals surface area contributed by atoms with Crippen LogP contribution < -0.4 is 9.47 Å². The Morgan fingerprint density at radius 3 is 2.40 bits per heavy atom. The second kappa shape index (κ2) is 10.5. The smallest absolute Gasteiger partial charge is 0.253 e. The highest BCUT2D eigenvalue weighted by atomic mass is 16.5. The van der Waals surface area contributed by atoms with Gasteiger partial charge in [-0.2, -0.15) is 0 Å². The van der Waals surface area contributed by atoms with Crippen LogP contribution in [0.2, 0.25) is 0 Å². The average molecular weight is 413 g/mol. The molecule has 3 rings (SSSR count). The van der Waals surface area contributed by atoms with Gasteiger partial charge in [-0.1, -0.05) is 24.3 Å². The Bertz CT molecular complexity index is 828. The molecule has 0 aliphatic carbocycles. The molecule has 162 valence electrons. The highest BCUT2D eigenvalue weighted by molar-refractivity contribution is 5.94. The number of carbonyl (C=O) groups is 1. The number of rotatable bonds is 8. The van der Waals surface area contributed by atoms with E-state index in [9.17, 15) is 9.90 Å². The Hall–Kier alpha value is -2.57. The van der Waals surface area contributed by atoms with Crippen LogP contribution in [0, 0.1) is 0 Å². The van der Waals surface area contributed by atoms with E-state index in [2.05, 4.69) is 29.2 Å². The molecule has 6 nitrogen and oxygen atoms in total. The predicted molar refractivity (Wildman–Crippen MR) is 117 cm³/mol. The van der Waals surface area contributed by atoms with Crippen LogP contribution in [0.4, 0.5) is 0 Å². The predicted octanol–water partition coefficient (Wildman–Crippen LogP) is 2.63. The zero-order valence-corrected chi connectivity index (χ0v) is 18.1. The maximum atomic E-state index is 12.8. The number of likely N-dealkylation sites (N-methyl/N-ethyl adjacent to an activating group) is 1. The fraction of sp³-hybridized carbons (Fsp3) is 0.458. The number of aliphatic hydroxyl groups is 1. The van der Waals surface area contributed by atoms with Gasteiger partial charge in [0, 0.05) is 38.8 Å². The normalized spacial score (nSPS) is 15.1. The van der Waals surface area contributed by atoms with Gasteiger partial charge in [-0.3, -0.25) is 4.79 Å². The Labute approximate surface area is 179 Å². The lowest BCUT2D eigenvalue weighted by molar-refractivity contribution is 0.0591. The first-order valence-electron chi connectivity index (χ1n) is 10.5. The molecule has 0 fully saturated rings. The van der Waals surface area contributed by atoms with Gasteiger partial charge in [0.05, 0.1) is 19.8 Å². The lowest BCUT2D eigenvalue weighted by Gasteiger charge is -2.26. The summed E-state index contributed by atoms with van der Waals surface area (Å²) in [5.41, 5.74) is 3.30. The molecule has 1 aliphatic rings. The summed E-state index contributed by atoms with van der Waals surface area (Å²) in [5.74, 6) is 0.989. The van der Waals surface area contributed by atoms with E-state index in [4.69, 9.17) is 9.47 Å². The van der Waals surface area contributed by atoms with Crippen molar-refractivity contribution in [1.82, 2.24) is 9.80 Å². The van der Waals surface area contributed by atoms with Gasteiger partial charge in [0.15, 0.2) is 11.5 Å². The van der Waals surface area contributed by atoms with Gasteiger partial charge in [-0.25, -0.2) is 0 Å². The molecular formula is C24H32N2O4. The molecule has 1 aliphatic heterocycles. The van der Waals surface area contributed by atoms with Crippen LogP contribution in [0.1, 0.15) is 28.4 Å². The standard InChI is InChI=1S/C24H32N2O4/c1-4-30-23-15-20(9-10-22(23)29-3)24(28)25(2)16-21(27)17-26-13-11-18-7-5-6-8-19(18)12-14-26/h5-10,15,21,27H,4,11-14,16-17H2,1-3H3/t21-/m1/s1. The largest absolute Gasteiger partial charge is 0.493 e. The molecule has 1 atom stereocenters. The van der Waals surface area contributed by atoms with Gasteiger partial charge in [0.1, 0.15) is 0 Å². The zero-order valence-electron chi connectivity index (χ0n) is 18.1. The van der Waals surface area contributed by atoms with Gasteiger partial charge in [-0.05, 0) is 49.1 Å². The second-order valence-corrected chi connectivity index (χ2v) is 7.71. The summed E-state index contributed by atoms with van der Waals surface area (Å²) in [6, 6.07) is 13.7. The Morgan fingerprint density at radius 1 is 1.13 bits per heavy atom. The molecule has 0 saturated heterocycles. The molecule has 2 aromatic rings. The molecule has 30 heavy (non-hydrogen) atoms. The van der Waals surface area contributed by atoms with Gasteiger partial charge in [0.2, 0.25) is 0 Å². The number of aliphatic hydroxyl groups excluding tert-OH is 1. The number of benzene rings is 2. The molecule has 1 amide bonds. The molecule has 0 spiro atoms. The molecular weight excluding hydrogens is 380 g/mol. The minimum Gasteiger partial charge on any atom is -0.493 e. The van der Waals surface area contributed by atoms with E-state index in [-0.39, 0.29) is 12.5 Å². The SMILES string of the molecule is CCOc1cc(C(=O)N(C)C[C@@H](O)CN2CCc3ccccc3CC2)ccc1OC. The molecule has 0 bridgehead atoms. The monoisotopic (exact) mass is 412 g/mol. The summed E-state index contributed by atoms with van der Waals surface area (Å²) in [6.07, 6.45) is 1.37. The van der Waals surface area contributed by atoms with Gasteiger partial charge >= 0.3 is 0 Å². The van der Waals surface area contributed by atoms with Crippen LogP contribution >= 0.6 is 0 Å². The first-order chi connectivity index (χ1) is 14.5. The van der Waals surface area contributed by atoms with E-state index in [1.54, 1.807) is 37.3 Å². The molecule has 0 radical (unpaired) electrons. The third kappa shape index (κ3) is 5.52. The van der Waals surface area contributed by atoms with Crippen molar-refractivity contribution in [3.8, 4) is 11.5 Å². The van der Waals surface area contributed by atoms with Crippen molar-refractivity contribution in [2.45, 2.75) is 25.9 Å². The lowest BCUT2D eigenvalue weighted by atomic mass is 10.0. The van der Waals surface area contributed by atoms with Crippen molar-refractivity contribution in [3.63, 3.8) is 0 Å². The van der Waals surface area contributed by atoms with Crippen LogP contribution in [-0.4, -0.2) is 73.9 Å². The van der Waals surface area contributed by atoms with Crippen molar-refractivity contribution in [2.24, 2.45) is 0 Å². The number of β-amino-alcohol motifs (C(OH)–C–C–N with tert-alkyl or cyclic N) is 1. The first-order valence-corrected chi connectivity index (χ1v) is 10.5. The number of nitrogens with zero attached hydrogens (tertiary/aromatic N) is 2. The number of methoxy groups -OCH3 is 1. The molecule has 1 N–H and O–H groups in total. The average Bonchev–Trinajstić information content (AvgIpc) is 2.95. The number of amides is 1. The fourth-order valence-electron chi connectivity index (χ4n) is 3.95. The summed E-state index contributed by atoms with van der Waals surface area (Å²) in [7, 11) is 3.29. The van der Waals surface area contributed by atoms with E-state index in [1.807, 2.05) is 6.92 Å². The van der Waals surface area contributed by atoms with Gasteiger partial charge in [0.25, 0.3) is 5.91 Å². The zero-order chi connectivity index (χ0) is 21.5. The van der Waals surface area contributed by atoms with Crippen LogP contribution in [-0.2, 0) is 12.8 Å². The van der Waals surface area contributed by atoms with E-state index < -0.39 is 6.10 Å². The summed E-state index contributed by atoms with van der Waals surface area (Å²) < 4.78 is 10.8. The van der Waals surface area contributed by atoms with Crippen molar-refractivity contribution < 1.29 is 19.4 Å². The fourth-order valence-corrected chi connectivity index (χ4v) is 3.95. The van der Waals surface area contributed by atoms with Crippen molar-refractivity contribution >= 4 is 5.91 Å². The quantitative estimate of drug-likeness (QED) is 0.722. The number of ether oxygens (including phenoxy) is 2. The van der Waals surface area contributed by atoms with Crippen molar-refractivity contribution in [3.05, 3.63) is 59.2 Å². The van der Waals surface area contributed by atoms with Crippen LogP contribution in [0.25, 0.3) is 0 Å². The third-order valence-corrected chi connectivity index (χ3v) is 5.52. The summed E-state index contributed by atoms with van der Waals surface area (Å²) in [6.45, 7) is 5.04. The van der Waals surface area contributed by atoms with E-state index >= 15 is 0 Å². The van der Waals surface area contributed by atoms with Crippen molar-refractivity contribution in [2.75, 3.05) is 46.9 Å². The highest BCUT2D eigenvalue weighted by Crippen LogP contribution is 2.28. The van der Waals surface area contributed by atoms with E-state index in [1.165, 1.54) is 11.1 Å². The minimum atomic E-state index is -0.607. The summed E-state index contributed by atoms with van der Waals surface area (Å²) in [5, 5.41) is 10.6. The van der Waals surface area contributed by atoms with Gasteiger partial charge < -0.3 is 24.4 Å². The third-order valence-electron chi connectivity index (χ3n) is 5.52. The summed E-state index contributed by atoms with van der Waals surface area (Å²) >= 11 is 0. The topological polar surface area (TPSA) is 62.2 Å². The van der Waals surface area contributed by atoms with Crippen LogP contribution in [0.3, 0.4) is 0 Å². The molecule has 0 saturated carbocycles. The maximum absolute atomic E-state index is 12.8. The Kier molecular flexibility index (Phi) is 7.71. The maximum Gasteiger partial charge on any atom is 0.253 e. The highest BCUT2D eigenvalue weighted by Gasteiger charge is 2.21. The molecule has 0 aromatic heterocycles. The summed E-state index contributed by atoms with van der Waals surface area (Å²) in [4.78, 5) is 16.7. The van der Waals surface area contributed by atoms with Crippen LogP contribution in [0.5, 0.6) is 11.5 Å². The van der Waals surface area contributed by atoms with E-state index in [0.717, 1.165) is 25.9 Å². The van der Waals surface area contributed by atoms with E-state index in [0.29, 0.717) is 30.2 Å². The lowest BCUT2D eigenvalue weighted by Crippen LogP contribution is -2.41. The Balaban J connectivity index is 1.56. The molecule has 1 heterocycles. The number of fused-ring (bicyclic) bond motifs is 1. The molecule has 0 unspecified atom stereocenters. The van der Waals surface area contributed by atoms with Gasteiger partial charge in [-0.15, -0.1) is 0 Å². The molecule has 2 aromatic carbocycles.